The van der Waals surface area contributed by atoms with Crippen molar-refractivity contribution in [1.82, 2.24) is 5.32 Å². The Morgan fingerprint density at radius 2 is 1.81 bits per heavy atom. The molecule has 0 aliphatic heterocycles. The Kier molecular flexibility index (Phi) is 4.75. The molecule has 0 radical (unpaired) electrons. The molecule has 0 spiro atoms. The standard InChI is InChI=1S/C15H13ClF2N2O/c16-10-3-1-9(2-4-10)7-8-20-15(21)13-11(17)5-6-12(19)14(13)18/h1-6H,7-8,19H2,(H,20,21). The van der Waals surface area contributed by atoms with Gasteiger partial charge in [-0.1, -0.05) is 23.7 Å². The van der Waals surface area contributed by atoms with Crippen LogP contribution in [-0.4, -0.2) is 12.5 Å². The summed E-state index contributed by atoms with van der Waals surface area (Å²) in [6.07, 6.45) is 0.522. The number of halogens is 3. The SMILES string of the molecule is Nc1ccc(F)c(C(=O)NCCc2ccc(Cl)cc2)c1F. The second kappa shape index (κ2) is 6.54. The average molecular weight is 311 g/mol. The minimum Gasteiger partial charge on any atom is -0.396 e. The molecule has 6 heteroatoms. The summed E-state index contributed by atoms with van der Waals surface area (Å²) >= 11 is 5.76. The lowest BCUT2D eigenvalue weighted by Gasteiger charge is -2.08. The maximum atomic E-state index is 13.7. The molecule has 110 valence electrons. The molecule has 0 aliphatic rings. The Morgan fingerprint density at radius 1 is 1.14 bits per heavy atom. The molecule has 3 N–H and O–H groups in total. The van der Waals surface area contributed by atoms with Gasteiger partial charge in [-0.05, 0) is 36.2 Å². The molecule has 2 aromatic carbocycles. The highest BCUT2D eigenvalue weighted by molar-refractivity contribution is 6.30. The first kappa shape index (κ1) is 15.3. The van der Waals surface area contributed by atoms with Crippen LogP contribution in [-0.2, 0) is 6.42 Å². The average Bonchev–Trinajstić information content (AvgIpc) is 2.45. The summed E-state index contributed by atoms with van der Waals surface area (Å²) in [7, 11) is 0. The number of nitrogen functional groups attached to an aromatic ring is 1. The molecule has 0 heterocycles. The summed E-state index contributed by atoms with van der Waals surface area (Å²) in [5, 5.41) is 3.08. The minimum atomic E-state index is -1.04. The molecule has 3 nitrogen and oxygen atoms in total. The van der Waals surface area contributed by atoms with Crippen LogP contribution in [0.15, 0.2) is 36.4 Å². The Labute approximate surface area is 125 Å². The Hall–Kier alpha value is -2.14. The van der Waals surface area contributed by atoms with Crippen molar-refractivity contribution in [1.29, 1.82) is 0 Å². The zero-order chi connectivity index (χ0) is 15.4. The molecule has 21 heavy (non-hydrogen) atoms. The molecule has 0 atom stereocenters. The lowest BCUT2D eigenvalue weighted by molar-refractivity contribution is 0.0946. The molecular weight excluding hydrogens is 298 g/mol. The van der Waals surface area contributed by atoms with E-state index in [1.807, 2.05) is 12.1 Å². The van der Waals surface area contributed by atoms with Gasteiger partial charge in [0.05, 0.1) is 5.69 Å². The lowest BCUT2D eigenvalue weighted by Crippen LogP contribution is -2.27. The summed E-state index contributed by atoms with van der Waals surface area (Å²) in [5.74, 6) is -2.81. The van der Waals surface area contributed by atoms with Crippen LogP contribution >= 0.6 is 11.6 Å². The fourth-order valence-corrected chi connectivity index (χ4v) is 1.96. The highest BCUT2D eigenvalue weighted by atomic mass is 35.5. The van der Waals surface area contributed by atoms with Gasteiger partial charge in [0.25, 0.3) is 5.91 Å². The number of nitrogens with two attached hydrogens (primary N) is 1. The highest BCUT2D eigenvalue weighted by Gasteiger charge is 2.19. The van der Waals surface area contributed by atoms with E-state index >= 15 is 0 Å². The fraction of sp³-hybridized carbons (Fsp3) is 0.133. The van der Waals surface area contributed by atoms with E-state index in [4.69, 9.17) is 17.3 Å². The summed E-state index contributed by atoms with van der Waals surface area (Å²) in [4.78, 5) is 11.8. The minimum absolute atomic E-state index is 0.244. The molecule has 0 aromatic heterocycles. The van der Waals surface area contributed by atoms with E-state index in [1.165, 1.54) is 0 Å². The van der Waals surface area contributed by atoms with Gasteiger partial charge in [-0.3, -0.25) is 4.79 Å². The van der Waals surface area contributed by atoms with Crippen LogP contribution in [0.25, 0.3) is 0 Å². The molecule has 1 amide bonds. The second-order valence-electron chi connectivity index (χ2n) is 4.46. The van der Waals surface area contributed by atoms with Gasteiger partial charge in [0.15, 0.2) is 5.82 Å². The zero-order valence-corrected chi connectivity index (χ0v) is 11.8. The first-order chi connectivity index (χ1) is 9.99. The monoisotopic (exact) mass is 310 g/mol. The lowest BCUT2D eigenvalue weighted by atomic mass is 10.1. The number of carbonyl (C=O) groups excluding carboxylic acids is 1. The van der Waals surface area contributed by atoms with Crippen LogP contribution < -0.4 is 11.1 Å². The first-order valence-electron chi connectivity index (χ1n) is 6.25. The van der Waals surface area contributed by atoms with Gasteiger partial charge in [-0.15, -0.1) is 0 Å². The van der Waals surface area contributed by atoms with Crippen LogP contribution in [0.1, 0.15) is 15.9 Å². The van der Waals surface area contributed by atoms with E-state index in [0.29, 0.717) is 11.4 Å². The van der Waals surface area contributed by atoms with E-state index < -0.39 is 23.1 Å². The molecule has 0 saturated carbocycles. The Bertz CT molecular complexity index is 659. The van der Waals surface area contributed by atoms with Gasteiger partial charge < -0.3 is 11.1 Å². The maximum Gasteiger partial charge on any atom is 0.257 e. The number of anilines is 1. The van der Waals surface area contributed by atoms with Crippen molar-refractivity contribution < 1.29 is 13.6 Å². The third kappa shape index (κ3) is 3.70. The normalized spacial score (nSPS) is 10.4. The summed E-state index contributed by atoms with van der Waals surface area (Å²) in [5.41, 5.74) is 5.35. The summed E-state index contributed by atoms with van der Waals surface area (Å²) in [6, 6.07) is 9.14. The number of rotatable bonds is 4. The van der Waals surface area contributed by atoms with Gasteiger partial charge in [-0.2, -0.15) is 0 Å². The topological polar surface area (TPSA) is 55.1 Å². The van der Waals surface area contributed by atoms with Crippen molar-refractivity contribution in [2.45, 2.75) is 6.42 Å². The molecule has 0 unspecified atom stereocenters. The second-order valence-corrected chi connectivity index (χ2v) is 4.89. The third-order valence-corrected chi connectivity index (χ3v) is 3.21. The van der Waals surface area contributed by atoms with Crippen molar-refractivity contribution in [3.05, 3.63) is 64.2 Å². The van der Waals surface area contributed by atoms with Gasteiger partial charge in [0.2, 0.25) is 0 Å². The number of carbonyl (C=O) groups is 1. The van der Waals surface area contributed by atoms with E-state index in [-0.39, 0.29) is 12.2 Å². The molecule has 2 rings (SSSR count). The van der Waals surface area contributed by atoms with Gasteiger partial charge in [-0.25, -0.2) is 8.78 Å². The van der Waals surface area contributed by atoms with E-state index in [1.54, 1.807) is 12.1 Å². The number of amides is 1. The van der Waals surface area contributed by atoms with Crippen LogP contribution in [0.5, 0.6) is 0 Å². The fourth-order valence-electron chi connectivity index (χ4n) is 1.84. The summed E-state index contributed by atoms with van der Waals surface area (Å²) in [6.45, 7) is 0.244. The molecule has 2 aromatic rings. The molecular formula is C15H13ClF2N2O. The molecule has 0 aliphatic carbocycles. The number of hydrogen-bond acceptors (Lipinski definition) is 2. The van der Waals surface area contributed by atoms with Gasteiger partial charge >= 0.3 is 0 Å². The smallest absolute Gasteiger partial charge is 0.257 e. The van der Waals surface area contributed by atoms with Crippen LogP contribution in [0.2, 0.25) is 5.02 Å². The Balaban J connectivity index is 1.99. The van der Waals surface area contributed by atoms with Crippen molar-refractivity contribution in [3.63, 3.8) is 0 Å². The van der Waals surface area contributed by atoms with Crippen LogP contribution in [0.4, 0.5) is 14.5 Å². The first-order valence-corrected chi connectivity index (χ1v) is 6.63. The van der Waals surface area contributed by atoms with Crippen molar-refractivity contribution in [3.8, 4) is 0 Å². The van der Waals surface area contributed by atoms with Crippen molar-refractivity contribution in [2.75, 3.05) is 12.3 Å². The zero-order valence-electron chi connectivity index (χ0n) is 11.0. The van der Waals surface area contributed by atoms with E-state index in [9.17, 15) is 13.6 Å². The van der Waals surface area contributed by atoms with E-state index in [0.717, 1.165) is 17.7 Å². The number of nitrogens with one attached hydrogen (secondary N) is 1. The van der Waals surface area contributed by atoms with Gasteiger partial charge in [0, 0.05) is 11.6 Å². The molecule has 0 saturated heterocycles. The number of hydrogen-bond donors (Lipinski definition) is 2. The third-order valence-electron chi connectivity index (χ3n) is 2.96. The molecule has 0 bridgehead atoms. The largest absolute Gasteiger partial charge is 0.396 e. The van der Waals surface area contributed by atoms with E-state index in [2.05, 4.69) is 5.32 Å². The molecule has 0 fully saturated rings. The number of benzene rings is 2. The van der Waals surface area contributed by atoms with Gasteiger partial charge in [0.1, 0.15) is 11.4 Å². The predicted molar refractivity (Wildman–Crippen MR) is 78.3 cm³/mol. The van der Waals surface area contributed by atoms with Crippen molar-refractivity contribution >= 4 is 23.2 Å². The highest BCUT2D eigenvalue weighted by Crippen LogP contribution is 2.18. The van der Waals surface area contributed by atoms with Crippen LogP contribution in [0.3, 0.4) is 0 Å². The van der Waals surface area contributed by atoms with Crippen LogP contribution in [0, 0.1) is 11.6 Å². The predicted octanol–water partition coefficient (Wildman–Crippen LogP) is 3.17. The van der Waals surface area contributed by atoms with Crippen molar-refractivity contribution in [2.24, 2.45) is 0 Å². The summed E-state index contributed by atoms with van der Waals surface area (Å²) < 4.78 is 27.2. The Morgan fingerprint density at radius 3 is 2.48 bits per heavy atom. The maximum absolute atomic E-state index is 13.7. The quantitative estimate of drug-likeness (QED) is 0.852.